The molecule has 0 aromatic heterocycles. The summed E-state index contributed by atoms with van der Waals surface area (Å²) in [4.78, 5) is 13.1. The van der Waals surface area contributed by atoms with E-state index in [-0.39, 0.29) is 18.1 Å². The topological polar surface area (TPSA) is 70.0 Å². The Morgan fingerprint density at radius 3 is 2.88 bits per heavy atom. The van der Waals surface area contributed by atoms with Gasteiger partial charge in [0.2, 0.25) is 0 Å². The zero-order chi connectivity index (χ0) is 17.2. The van der Waals surface area contributed by atoms with Crippen LogP contribution >= 0.6 is 11.6 Å². The molecule has 24 heavy (non-hydrogen) atoms. The molecule has 1 aromatic rings. The quantitative estimate of drug-likeness (QED) is 0.851. The molecule has 1 aliphatic heterocycles. The second-order valence-electron chi connectivity index (χ2n) is 7.02. The fourth-order valence-electron chi connectivity index (χ4n) is 4.18. The van der Waals surface area contributed by atoms with Crippen LogP contribution < -0.4 is 4.74 Å². The predicted octanol–water partition coefficient (Wildman–Crippen LogP) is 2.93. The second-order valence-corrected chi connectivity index (χ2v) is 7.46. The van der Waals surface area contributed by atoms with Crippen molar-refractivity contribution in [3.8, 4) is 5.75 Å². The summed E-state index contributed by atoms with van der Waals surface area (Å²) >= 11 is 6.11. The van der Waals surface area contributed by atoms with Crippen LogP contribution in [0.3, 0.4) is 0 Å². The van der Waals surface area contributed by atoms with Gasteiger partial charge in [-0.1, -0.05) is 18.0 Å². The highest BCUT2D eigenvalue weighted by Gasteiger charge is 2.44. The fraction of sp³-hybridized carbons (Fsp3) is 0.611. The van der Waals surface area contributed by atoms with Gasteiger partial charge in [-0.3, -0.25) is 4.90 Å². The number of rotatable bonds is 5. The van der Waals surface area contributed by atoms with E-state index in [4.69, 9.17) is 21.4 Å². The Morgan fingerprint density at radius 2 is 2.17 bits per heavy atom. The molecule has 1 aliphatic carbocycles. The monoisotopic (exact) mass is 353 g/mol. The molecule has 1 saturated heterocycles. The van der Waals surface area contributed by atoms with Crippen LogP contribution in [0.5, 0.6) is 5.75 Å². The third-order valence-corrected chi connectivity index (χ3v) is 5.55. The van der Waals surface area contributed by atoms with Gasteiger partial charge in [-0.2, -0.15) is 0 Å². The van der Waals surface area contributed by atoms with Crippen LogP contribution in [-0.4, -0.2) is 46.9 Å². The van der Waals surface area contributed by atoms with E-state index in [9.17, 15) is 9.90 Å². The summed E-state index contributed by atoms with van der Waals surface area (Å²) in [5.41, 5.74) is 0.923. The molecule has 1 aromatic carbocycles. The Hall–Kier alpha value is -1.30. The Labute approximate surface area is 147 Å². The molecule has 0 unspecified atom stereocenters. The lowest BCUT2D eigenvalue weighted by Crippen LogP contribution is -2.46. The number of aliphatic hydroxyl groups is 1. The fourth-order valence-corrected chi connectivity index (χ4v) is 4.38. The van der Waals surface area contributed by atoms with Crippen molar-refractivity contribution in [1.82, 2.24) is 4.90 Å². The number of benzene rings is 1. The first-order chi connectivity index (χ1) is 11.5. The van der Waals surface area contributed by atoms with E-state index in [1.807, 2.05) is 6.07 Å². The van der Waals surface area contributed by atoms with Gasteiger partial charge in [0.1, 0.15) is 5.75 Å². The number of piperidine rings is 1. The maximum Gasteiger partial charge on any atom is 0.341 e. The lowest BCUT2D eigenvalue weighted by atomic mass is 9.76. The molecule has 6 heteroatoms. The molecule has 2 atom stereocenters. The van der Waals surface area contributed by atoms with Crippen molar-refractivity contribution in [2.24, 2.45) is 5.41 Å². The second kappa shape index (κ2) is 7.30. The molecular weight excluding hydrogens is 330 g/mol. The molecule has 2 N–H and O–H groups in total. The molecular formula is C18H24ClNO4. The molecule has 1 saturated carbocycles. The summed E-state index contributed by atoms with van der Waals surface area (Å²) in [6.07, 6.45) is 5.04. The first-order valence-electron chi connectivity index (χ1n) is 8.52. The molecule has 3 rings (SSSR count). The smallest absolute Gasteiger partial charge is 0.341 e. The average molecular weight is 354 g/mol. The van der Waals surface area contributed by atoms with Crippen LogP contribution in [0.4, 0.5) is 0 Å². The minimum Gasteiger partial charge on any atom is -0.482 e. The number of aliphatic hydroxyl groups excluding tert-OH is 1. The number of hydrogen-bond donors (Lipinski definition) is 2. The number of halogens is 1. The standard InChI is InChI=1S/C18H24ClNO4/c19-14-4-5-15(24-11-17(22)23)13(9-14)10-20-8-2-7-18(12-20)6-1-3-16(18)21/h4-5,9,16,21H,1-3,6-8,10-12H2,(H,22,23)/t16-,18+/m1/s1. The minimum atomic E-state index is -0.998. The molecule has 2 aliphatic rings. The minimum absolute atomic E-state index is 0.0267. The van der Waals surface area contributed by atoms with Gasteiger partial charge < -0.3 is 14.9 Å². The van der Waals surface area contributed by atoms with Crippen molar-refractivity contribution >= 4 is 17.6 Å². The molecule has 0 radical (unpaired) electrons. The van der Waals surface area contributed by atoms with Gasteiger partial charge >= 0.3 is 5.97 Å². The average Bonchev–Trinajstić information content (AvgIpc) is 2.87. The number of aliphatic carboxylic acids is 1. The Morgan fingerprint density at radius 1 is 1.38 bits per heavy atom. The van der Waals surface area contributed by atoms with Gasteiger partial charge in [-0.15, -0.1) is 0 Å². The van der Waals surface area contributed by atoms with Crippen molar-refractivity contribution in [2.75, 3.05) is 19.7 Å². The van der Waals surface area contributed by atoms with Crippen molar-refractivity contribution < 1.29 is 19.7 Å². The van der Waals surface area contributed by atoms with Gasteiger partial charge in [-0.05, 0) is 50.4 Å². The Balaban J connectivity index is 1.72. The molecule has 2 fully saturated rings. The van der Waals surface area contributed by atoms with Gasteiger partial charge in [0.05, 0.1) is 6.10 Å². The first kappa shape index (κ1) is 17.5. The molecule has 1 spiro atoms. The zero-order valence-corrected chi connectivity index (χ0v) is 14.5. The Kier molecular flexibility index (Phi) is 5.33. The number of carboxylic acid groups (broad SMARTS) is 1. The lowest BCUT2D eigenvalue weighted by Gasteiger charge is -2.42. The number of hydrogen-bond acceptors (Lipinski definition) is 4. The molecule has 0 amide bonds. The largest absolute Gasteiger partial charge is 0.482 e. The Bertz CT molecular complexity index is 609. The predicted molar refractivity (Wildman–Crippen MR) is 91.4 cm³/mol. The number of carboxylic acids is 1. The highest BCUT2D eigenvalue weighted by molar-refractivity contribution is 6.30. The van der Waals surface area contributed by atoms with Gasteiger partial charge in [0, 0.05) is 29.1 Å². The van der Waals surface area contributed by atoms with Crippen molar-refractivity contribution in [1.29, 1.82) is 0 Å². The van der Waals surface area contributed by atoms with E-state index in [1.54, 1.807) is 12.1 Å². The molecule has 1 heterocycles. The van der Waals surface area contributed by atoms with Gasteiger partial charge in [-0.25, -0.2) is 4.79 Å². The first-order valence-corrected chi connectivity index (χ1v) is 8.90. The number of carbonyl (C=O) groups is 1. The maximum absolute atomic E-state index is 10.8. The van der Waals surface area contributed by atoms with Crippen molar-refractivity contribution in [2.45, 2.75) is 44.8 Å². The van der Waals surface area contributed by atoms with E-state index < -0.39 is 5.97 Å². The SMILES string of the molecule is O=C(O)COc1ccc(Cl)cc1CN1CCC[C@@]2(CCC[C@H]2O)C1. The summed E-state index contributed by atoms with van der Waals surface area (Å²) in [5, 5.41) is 19.8. The van der Waals surface area contributed by atoms with Crippen molar-refractivity contribution in [3.63, 3.8) is 0 Å². The van der Waals surface area contributed by atoms with E-state index >= 15 is 0 Å². The summed E-state index contributed by atoms with van der Waals surface area (Å²) in [7, 11) is 0. The molecule has 132 valence electrons. The van der Waals surface area contributed by atoms with Crippen molar-refractivity contribution in [3.05, 3.63) is 28.8 Å². The van der Waals surface area contributed by atoms with Crippen LogP contribution in [0.2, 0.25) is 5.02 Å². The highest BCUT2D eigenvalue weighted by Crippen LogP contribution is 2.45. The van der Waals surface area contributed by atoms with Crippen LogP contribution in [0, 0.1) is 5.41 Å². The summed E-state index contributed by atoms with van der Waals surface area (Å²) < 4.78 is 5.40. The van der Waals surface area contributed by atoms with Crippen LogP contribution in [0.25, 0.3) is 0 Å². The van der Waals surface area contributed by atoms with Crippen LogP contribution in [0.15, 0.2) is 18.2 Å². The van der Waals surface area contributed by atoms with Crippen LogP contribution in [-0.2, 0) is 11.3 Å². The third-order valence-electron chi connectivity index (χ3n) is 5.31. The van der Waals surface area contributed by atoms with E-state index in [0.717, 1.165) is 50.8 Å². The third kappa shape index (κ3) is 3.85. The van der Waals surface area contributed by atoms with Gasteiger partial charge in [0.15, 0.2) is 6.61 Å². The molecule has 5 nitrogen and oxygen atoms in total. The summed E-state index contributed by atoms with van der Waals surface area (Å²) in [6, 6.07) is 5.27. The number of likely N-dealkylation sites (tertiary alicyclic amines) is 1. The summed E-state index contributed by atoms with van der Waals surface area (Å²) in [6.45, 7) is 2.14. The van der Waals surface area contributed by atoms with Crippen LogP contribution in [0.1, 0.15) is 37.7 Å². The van der Waals surface area contributed by atoms with E-state index in [2.05, 4.69) is 4.90 Å². The normalized spacial score (nSPS) is 27.5. The molecule has 0 bridgehead atoms. The summed E-state index contributed by atoms with van der Waals surface area (Å²) in [5.74, 6) is -0.435. The highest BCUT2D eigenvalue weighted by atomic mass is 35.5. The maximum atomic E-state index is 10.8. The van der Waals surface area contributed by atoms with E-state index in [1.165, 1.54) is 0 Å². The lowest BCUT2D eigenvalue weighted by molar-refractivity contribution is -0.139. The number of nitrogens with zero attached hydrogens (tertiary/aromatic N) is 1. The zero-order valence-electron chi connectivity index (χ0n) is 13.7. The van der Waals surface area contributed by atoms with E-state index in [0.29, 0.717) is 17.3 Å². The number of ether oxygens (including phenoxy) is 1. The van der Waals surface area contributed by atoms with Gasteiger partial charge in [0.25, 0.3) is 0 Å².